The summed E-state index contributed by atoms with van der Waals surface area (Å²) in [5.74, 6) is -2.05. The first kappa shape index (κ1) is 35.0. The highest BCUT2D eigenvalue weighted by molar-refractivity contribution is 5.98. The molecule has 1 aromatic carbocycles. The van der Waals surface area contributed by atoms with Crippen molar-refractivity contribution in [3.63, 3.8) is 0 Å². The van der Waals surface area contributed by atoms with Gasteiger partial charge < -0.3 is 43.3 Å². The Balaban J connectivity index is 2.86. The molecule has 1 rings (SSSR count). The molecule has 0 aliphatic rings. The van der Waals surface area contributed by atoms with E-state index in [4.69, 9.17) is 17.2 Å². The van der Waals surface area contributed by atoms with Gasteiger partial charge in [-0.3, -0.25) is 24.2 Å². The Morgan fingerprint density at radius 1 is 0.829 bits per heavy atom. The van der Waals surface area contributed by atoms with Crippen molar-refractivity contribution in [1.29, 1.82) is 0 Å². The zero-order valence-electron chi connectivity index (χ0n) is 24.1. The Morgan fingerprint density at radius 3 is 2.07 bits per heavy atom. The molecule has 0 saturated carbocycles. The molecule has 4 atom stereocenters. The summed E-state index contributed by atoms with van der Waals surface area (Å²) in [5, 5.41) is 10.7. The molecule has 0 spiro atoms. The lowest BCUT2D eigenvalue weighted by Gasteiger charge is -2.25. The van der Waals surface area contributed by atoms with Gasteiger partial charge in [0, 0.05) is 12.1 Å². The first-order valence-electron chi connectivity index (χ1n) is 14.1. The van der Waals surface area contributed by atoms with Crippen molar-refractivity contribution in [2.24, 2.45) is 22.2 Å². The van der Waals surface area contributed by atoms with Gasteiger partial charge in [-0.15, -0.1) is 0 Å². The summed E-state index contributed by atoms with van der Waals surface area (Å²) in [6.07, 6.45) is 4.79. The number of nitrogens with zero attached hydrogens (tertiary/aromatic N) is 1. The third-order valence-corrected chi connectivity index (χ3v) is 6.30. The van der Waals surface area contributed by atoms with Crippen LogP contribution < -0.4 is 38.5 Å². The lowest BCUT2D eigenvalue weighted by molar-refractivity contribution is -0.133. The van der Waals surface area contributed by atoms with Gasteiger partial charge in [-0.05, 0) is 64.1 Å². The van der Waals surface area contributed by atoms with Crippen LogP contribution in [-0.4, -0.2) is 73.1 Å². The average molecular weight is 575 g/mol. The Labute approximate surface area is 241 Å². The molecule has 13 nitrogen and oxygen atoms in total. The number of nitrogens with one attached hydrogen (secondary N) is 4. The van der Waals surface area contributed by atoms with E-state index in [1.807, 2.05) is 6.92 Å². The Bertz CT molecular complexity index is 1000. The highest BCUT2D eigenvalue weighted by atomic mass is 16.2. The summed E-state index contributed by atoms with van der Waals surface area (Å²) in [6, 6.07) is 5.00. The van der Waals surface area contributed by atoms with Gasteiger partial charge in [-0.1, -0.05) is 38.0 Å². The molecular formula is C28H46N8O5. The SMILES string of the molecule is CCCC[C@H](NC(=O)c1ccccc1)C(=O)N[C@@H](CCCCN)C(=O)N[C@@H](C)C(=O)N[C@H](C=O)CCCN=C(N)N. The summed E-state index contributed by atoms with van der Waals surface area (Å²) < 4.78 is 0. The number of carbonyl (C=O) groups is 5. The predicted molar refractivity (Wildman–Crippen MR) is 158 cm³/mol. The van der Waals surface area contributed by atoms with Crippen molar-refractivity contribution in [1.82, 2.24) is 21.3 Å². The van der Waals surface area contributed by atoms with E-state index in [9.17, 15) is 24.0 Å². The van der Waals surface area contributed by atoms with Gasteiger partial charge in [-0.2, -0.15) is 0 Å². The van der Waals surface area contributed by atoms with Gasteiger partial charge in [0.15, 0.2) is 5.96 Å². The first-order chi connectivity index (χ1) is 19.6. The summed E-state index contributed by atoms with van der Waals surface area (Å²) in [6.45, 7) is 4.19. The monoisotopic (exact) mass is 574 g/mol. The summed E-state index contributed by atoms with van der Waals surface area (Å²) in [5.41, 5.74) is 16.6. The Hall–Kier alpha value is -4.00. The molecule has 1 aromatic rings. The molecule has 0 aliphatic carbocycles. The highest BCUT2D eigenvalue weighted by Crippen LogP contribution is 2.08. The zero-order valence-corrected chi connectivity index (χ0v) is 24.1. The topological polar surface area (TPSA) is 224 Å². The molecule has 0 aromatic heterocycles. The second kappa shape index (κ2) is 20.0. The number of nitrogens with two attached hydrogens (primary N) is 3. The molecule has 0 saturated heterocycles. The molecule has 10 N–H and O–H groups in total. The van der Waals surface area contributed by atoms with Crippen LogP contribution in [0.1, 0.15) is 75.6 Å². The molecule has 0 bridgehead atoms. The van der Waals surface area contributed by atoms with Crippen LogP contribution >= 0.6 is 0 Å². The van der Waals surface area contributed by atoms with E-state index in [1.54, 1.807) is 30.3 Å². The molecule has 228 valence electrons. The number of hydrogen-bond acceptors (Lipinski definition) is 7. The van der Waals surface area contributed by atoms with Crippen molar-refractivity contribution < 1.29 is 24.0 Å². The quantitative estimate of drug-likeness (QED) is 0.0478. The van der Waals surface area contributed by atoms with Gasteiger partial charge in [0.05, 0.1) is 6.04 Å². The normalized spacial score (nSPS) is 13.5. The lowest BCUT2D eigenvalue weighted by Crippen LogP contribution is -2.56. The summed E-state index contributed by atoms with van der Waals surface area (Å²) in [4.78, 5) is 67.1. The molecule has 4 amide bonds. The minimum absolute atomic E-state index is 0.0589. The number of carbonyl (C=O) groups excluding carboxylic acids is 5. The van der Waals surface area contributed by atoms with E-state index in [0.29, 0.717) is 63.5 Å². The maximum absolute atomic E-state index is 13.3. The van der Waals surface area contributed by atoms with Gasteiger partial charge in [0.25, 0.3) is 5.91 Å². The van der Waals surface area contributed by atoms with Crippen LogP contribution in [0.25, 0.3) is 0 Å². The van der Waals surface area contributed by atoms with E-state index in [1.165, 1.54) is 6.92 Å². The number of aliphatic imine (C=N–C) groups is 1. The summed E-state index contributed by atoms with van der Waals surface area (Å²) >= 11 is 0. The number of guanidine groups is 1. The molecule has 0 fully saturated rings. The van der Waals surface area contributed by atoms with Gasteiger partial charge in [-0.25, -0.2) is 0 Å². The number of hydrogen-bond donors (Lipinski definition) is 7. The lowest BCUT2D eigenvalue weighted by atomic mass is 10.0. The fourth-order valence-electron chi connectivity index (χ4n) is 3.92. The second-order valence-corrected chi connectivity index (χ2v) is 9.81. The van der Waals surface area contributed by atoms with E-state index < -0.39 is 41.9 Å². The molecule has 0 unspecified atom stereocenters. The number of amides is 4. The minimum Gasteiger partial charge on any atom is -0.370 e. The van der Waals surface area contributed by atoms with Crippen LogP contribution in [0.5, 0.6) is 0 Å². The first-order valence-corrected chi connectivity index (χ1v) is 14.1. The number of aldehydes is 1. The highest BCUT2D eigenvalue weighted by Gasteiger charge is 2.28. The standard InChI is InChI=1S/C28H46N8O5/c1-3-4-14-22(35-25(39)20-11-6-5-7-12-20)27(41)36-23(15-8-9-16-29)26(40)33-19(2)24(38)34-21(18-37)13-10-17-32-28(30)31/h5-7,11-12,18-19,21-23H,3-4,8-10,13-17,29H2,1-2H3,(H,33,40)(H,34,38)(H,35,39)(H,36,41)(H4,30,31,32)/t19-,21-,22-,23-/m0/s1. The average Bonchev–Trinajstić information content (AvgIpc) is 2.96. The van der Waals surface area contributed by atoms with Crippen LogP contribution in [0.3, 0.4) is 0 Å². The van der Waals surface area contributed by atoms with Crippen LogP contribution in [0.2, 0.25) is 0 Å². The molecule has 0 aliphatic heterocycles. The summed E-state index contributed by atoms with van der Waals surface area (Å²) in [7, 11) is 0. The molecule has 41 heavy (non-hydrogen) atoms. The molecule has 13 heteroatoms. The fourth-order valence-corrected chi connectivity index (χ4v) is 3.92. The number of unbranched alkanes of at least 4 members (excludes halogenated alkanes) is 2. The zero-order chi connectivity index (χ0) is 30.6. The Morgan fingerprint density at radius 2 is 1.46 bits per heavy atom. The fraction of sp³-hybridized carbons (Fsp3) is 0.571. The van der Waals surface area contributed by atoms with E-state index in [0.717, 1.165) is 6.42 Å². The van der Waals surface area contributed by atoms with Crippen LogP contribution in [0, 0.1) is 0 Å². The van der Waals surface area contributed by atoms with Crippen LogP contribution in [-0.2, 0) is 19.2 Å². The van der Waals surface area contributed by atoms with E-state index in [2.05, 4.69) is 26.3 Å². The largest absolute Gasteiger partial charge is 0.370 e. The van der Waals surface area contributed by atoms with Crippen molar-refractivity contribution >= 4 is 35.9 Å². The van der Waals surface area contributed by atoms with Gasteiger partial charge >= 0.3 is 0 Å². The minimum atomic E-state index is -0.981. The van der Waals surface area contributed by atoms with Crippen molar-refractivity contribution in [3.05, 3.63) is 35.9 Å². The third-order valence-electron chi connectivity index (χ3n) is 6.30. The van der Waals surface area contributed by atoms with E-state index >= 15 is 0 Å². The molecular weight excluding hydrogens is 528 g/mol. The third kappa shape index (κ3) is 14.3. The van der Waals surface area contributed by atoms with Gasteiger partial charge in [0.2, 0.25) is 17.7 Å². The molecule has 0 heterocycles. The van der Waals surface area contributed by atoms with Crippen LogP contribution in [0.15, 0.2) is 35.3 Å². The smallest absolute Gasteiger partial charge is 0.251 e. The van der Waals surface area contributed by atoms with Crippen LogP contribution in [0.4, 0.5) is 0 Å². The van der Waals surface area contributed by atoms with E-state index in [-0.39, 0.29) is 18.3 Å². The molecule has 0 radical (unpaired) electrons. The number of rotatable bonds is 20. The van der Waals surface area contributed by atoms with Crippen molar-refractivity contribution in [2.75, 3.05) is 13.1 Å². The maximum Gasteiger partial charge on any atom is 0.251 e. The maximum atomic E-state index is 13.3. The Kier molecular flexibility index (Phi) is 17.1. The van der Waals surface area contributed by atoms with Crippen molar-refractivity contribution in [3.8, 4) is 0 Å². The second-order valence-electron chi connectivity index (χ2n) is 9.81. The van der Waals surface area contributed by atoms with Crippen molar-refractivity contribution in [2.45, 2.75) is 89.4 Å². The van der Waals surface area contributed by atoms with Gasteiger partial charge in [0.1, 0.15) is 24.4 Å². The number of benzene rings is 1. The predicted octanol–water partition coefficient (Wildman–Crippen LogP) is -0.169.